The van der Waals surface area contributed by atoms with Crippen molar-refractivity contribution in [1.29, 1.82) is 0 Å². The third-order valence-corrected chi connectivity index (χ3v) is 4.51. The Bertz CT molecular complexity index is 389. The van der Waals surface area contributed by atoms with Crippen LogP contribution in [0.4, 0.5) is 0 Å². The largest absolute Gasteiger partial charge is 0.346 e. The summed E-state index contributed by atoms with van der Waals surface area (Å²) >= 11 is 0. The predicted molar refractivity (Wildman–Crippen MR) is 80.7 cm³/mol. The van der Waals surface area contributed by atoms with Gasteiger partial charge in [-0.05, 0) is 32.7 Å². The summed E-state index contributed by atoms with van der Waals surface area (Å²) in [7, 11) is 2.02. The number of aromatic amines is 1. The van der Waals surface area contributed by atoms with Crippen molar-refractivity contribution in [2.24, 2.45) is 5.92 Å². The van der Waals surface area contributed by atoms with E-state index in [1.54, 1.807) is 0 Å². The highest BCUT2D eigenvalue weighted by molar-refractivity contribution is 5.20. The summed E-state index contributed by atoms with van der Waals surface area (Å²) in [4.78, 5) is 8.54. The van der Waals surface area contributed by atoms with Gasteiger partial charge in [-0.25, -0.2) is 4.98 Å². The zero-order valence-corrected chi connectivity index (χ0v) is 12.9. The molecular formula is C16H29N3. The van der Waals surface area contributed by atoms with E-state index in [0.29, 0.717) is 17.8 Å². The summed E-state index contributed by atoms with van der Waals surface area (Å²) in [5.74, 6) is 2.97. The van der Waals surface area contributed by atoms with Crippen LogP contribution in [0.3, 0.4) is 0 Å². The molecule has 0 aromatic carbocycles. The van der Waals surface area contributed by atoms with Crippen LogP contribution >= 0.6 is 0 Å². The molecule has 1 aromatic heterocycles. The lowest BCUT2D eigenvalue weighted by Crippen LogP contribution is -2.22. The van der Waals surface area contributed by atoms with E-state index in [1.807, 2.05) is 7.05 Å². The number of imidazole rings is 1. The van der Waals surface area contributed by atoms with Gasteiger partial charge in [0, 0.05) is 24.1 Å². The van der Waals surface area contributed by atoms with E-state index < -0.39 is 0 Å². The van der Waals surface area contributed by atoms with Crippen LogP contribution in [-0.2, 0) is 0 Å². The second-order valence-corrected chi connectivity index (χ2v) is 6.38. The summed E-state index contributed by atoms with van der Waals surface area (Å²) in [5, 5.41) is 3.30. The van der Waals surface area contributed by atoms with Gasteiger partial charge in [-0.3, -0.25) is 0 Å². The summed E-state index contributed by atoms with van der Waals surface area (Å²) in [6.07, 6.45) is 6.79. The number of nitrogens with one attached hydrogen (secondary N) is 2. The molecule has 1 saturated carbocycles. The van der Waals surface area contributed by atoms with E-state index in [0.717, 1.165) is 6.54 Å². The zero-order valence-electron chi connectivity index (χ0n) is 12.9. The van der Waals surface area contributed by atoms with Crippen LogP contribution in [0, 0.1) is 12.8 Å². The minimum absolute atomic E-state index is 0.487. The number of hydrogen-bond acceptors (Lipinski definition) is 2. The number of hydrogen-bond donors (Lipinski definition) is 2. The van der Waals surface area contributed by atoms with Crippen molar-refractivity contribution in [3.63, 3.8) is 0 Å². The maximum absolute atomic E-state index is 4.98. The summed E-state index contributed by atoms with van der Waals surface area (Å²) in [6, 6.07) is 0. The molecule has 0 amide bonds. The lowest BCUT2D eigenvalue weighted by atomic mass is 9.86. The molecular weight excluding hydrogens is 234 g/mol. The molecule has 0 bridgehead atoms. The molecule has 0 saturated heterocycles. The first-order valence-electron chi connectivity index (χ1n) is 7.84. The Hall–Kier alpha value is -0.830. The minimum Gasteiger partial charge on any atom is -0.346 e. The van der Waals surface area contributed by atoms with Crippen LogP contribution in [0.15, 0.2) is 0 Å². The molecule has 19 heavy (non-hydrogen) atoms. The lowest BCUT2D eigenvalue weighted by Gasteiger charge is -2.20. The van der Waals surface area contributed by atoms with Crippen molar-refractivity contribution in [1.82, 2.24) is 15.3 Å². The van der Waals surface area contributed by atoms with Crippen LogP contribution in [-0.4, -0.2) is 23.6 Å². The van der Waals surface area contributed by atoms with Gasteiger partial charge in [-0.15, -0.1) is 0 Å². The van der Waals surface area contributed by atoms with E-state index in [2.05, 4.69) is 31.1 Å². The van der Waals surface area contributed by atoms with Gasteiger partial charge in [0.1, 0.15) is 5.82 Å². The van der Waals surface area contributed by atoms with E-state index in [1.165, 1.54) is 49.3 Å². The number of aryl methyl sites for hydroxylation is 1. The Morgan fingerprint density at radius 1 is 1.26 bits per heavy atom. The van der Waals surface area contributed by atoms with E-state index in [-0.39, 0.29) is 0 Å². The molecule has 0 radical (unpaired) electrons. The number of likely N-dealkylation sites (N-methyl/N-ethyl adjacent to an activating group) is 1. The standard InChI is InChI=1S/C16H29N3/c1-11(2)14(10-17-4)16-18-12(3)15(19-16)13-8-6-5-7-9-13/h11,13-14,17H,5-10H2,1-4H3,(H,18,19). The minimum atomic E-state index is 0.487. The molecule has 3 nitrogen and oxygen atoms in total. The predicted octanol–water partition coefficient (Wildman–Crippen LogP) is 3.72. The van der Waals surface area contributed by atoms with E-state index in [9.17, 15) is 0 Å². The summed E-state index contributed by atoms with van der Waals surface area (Å²) < 4.78 is 0. The average Bonchev–Trinajstić information content (AvgIpc) is 2.78. The molecule has 3 heteroatoms. The topological polar surface area (TPSA) is 40.7 Å². The van der Waals surface area contributed by atoms with Gasteiger partial charge in [0.15, 0.2) is 0 Å². The quantitative estimate of drug-likeness (QED) is 0.850. The molecule has 1 fully saturated rings. The molecule has 1 heterocycles. The smallest absolute Gasteiger partial charge is 0.111 e. The molecule has 2 N–H and O–H groups in total. The van der Waals surface area contributed by atoms with Gasteiger partial charge in [0.25, 0.3) is 0 Å². The molecule has 108 valence electrons. The molecule has 1 aromatic rings. The number of rotatable bonds is 5. The fourth-order valence-electron chi connectivity index (χ4n) is 3.31. The fraction of sp³-hybridized carbons (Fsp3) is 0.812. The van der Waals surface area contributed by atoms with Gasteiger partial charge in [0.05, 0.1) is 5.69 Å². The first kappa shape index (κ1) is 14.6. The Kier molecular flexibility index (Phi) is 5.03. The first-order valence-corrected chi connectivity index (χ1v) is 7.84. The second kappa shape index (κ2) is 6.56. The van der Waals surface area contributed by atoms with Gasteiger partial charge in [0.2, 0.25) is 0 Å². The Morgan fingerprint density at radius 3 is 2.53 bits per heavy atom. The molecule has 1 aliphatic rings. The Morgan fingerprint density at radius 2 is 1.95 bits per heavy atom. The second-order valence-electron chi connectivity index (χ2n) is 6.38. The Balaban J connectivity index is 2.18. The molecule has 1 unspecified atom stereocenters. The van der Waals surface area contributed by atoms with E-state index in [4.69, 9.17) is 4.98 Å². The van der Waals surface area contributed by atoms with Crippen molar-refractivity contribution in [3.05, 3.63) is 17.2 Å². The van der Waals surface area contributed by atoms with Crippen LogP contribution in [0.5, 0.6) is 0 Å². The third-order valence-electron chi connectivity index (χ3n) is 4.51. The van der Waals surface area contributed by atoms with Gasteiger partial charge in [-0.1, -0.05) is 33.1 Å². The van der Waals surface area contributed by atoms with Crippen molar-refractivity contribution in [3.8, 4) is 0 Å². The zero-order chi connectivity index (χ0) is 13.8. The van der Waals surface area contributed by atoms with Crippen LogP contribution in [0.2, 0.25) is 0 Å². The normalized spacial score (nSPS) is 19.0. The van der Waals surface area contributed by atoms with E-state index >= 15 is 0 Å². The van der Waals surface area contributed by atoms with Crippen LogP contribution in [0.25, 0.3) is 0 Å². The molecule has 0 aliphatic heterocycles. The van der Waals surface area contributed by atoms with Crippen LogP contribution in [0.1, 0.15) is 75.0 Å². The van der Waals surface area contributed by atoms with Gasteiger partial charge >= 0.3 is 0 Å². The lowest BCUT2D eigenvalue weighted by molar-refractivity contribution is 0.432. The first-order chi connectivity index (χ1) is 9.13. The Labute approximate surface area is 117 Å². The molecule has 1 aliphatic carbocycles. The maximum atomic E-state index is 4.98. The number of aromatic nitrogens is 2. The molecule has 0 spiro atoms. The van der Waals surface area contributed by atoms with Crippen molar-refractivity contribution < 1.29 is 0 Å². The average molecular weight is 263 g/mol. The summed E-state index contributed by atoms with van der Waals surface area (Å²) in [5.41, 5.74) is 2.64. The van der Waals surface area contributed by atoms with Crippen LogP contribution < -0.4 is 5.32 Å². The molecule has 2 rings (SSSR count). The van der Waals surface area contributed by atoms with Gasteiger partial charge in [-0.2, -0.15) is 0 Å². The van der Waals surface area contributed by atoms with Crippen molar-refractivity contribution >= 4 is 0 Å². The monoisotopic (exact) mass is 263 g/mol. The number of H-pyrrole nitrogens is 1. The highest BCUT2D eigenvalue weighted by atomic mass is 15.0. The molecule has 1 atom stereocenters. The third kappa shape index (κ3) is 3.38. The highest BCUT2D eigenvalue weighted by Gasteiger charge is 2.24. The summed E-state index contributed by atoms with van der Waals surface area (Å²) in [6.45, 7) is 7.74. The van der Waals surface area contributed by atoms with Crippen molar-refractivity contribution in [2.75, 3.05) is 13.6 Å². The SMILES string of the molecule is CNCC(c1nc(C2CCCCC2)c(C)[nH]1)C(C)C. The highest BCUT2D eigenvalue weighted by Crippen LogP contribution is 2.34. The number of nitrogens with zero attached hydrogens (tertiary/aromatic N) is 1. The fourth-order valence-corrected chi connectivity index (χ4v) is 3.31. The van der Waals surface area contributed by atoms with Gasteiger partial charge < -0.3 is 10.3 Å². The maximum Gasteiger partial charge on any atom is 0.111 e. The van der Waals surface area contributed by atoms with Crippen molar-refractivity contribution in [2.45, 2.75) is 64.7 Å².